The van der Waals surface area contributed by atoms with Crippen molar-refractivity contribution in [2.45, 2.75) is 77.2 Å². The van der Waals surface area contributed by atoms with E-state index in [1.807, 2.05) is 0 Å². The lowest BCUT2D eigenvalue weighted by atomic mass is 9.95. The Morgan fingerprint density at radius 1 is 1.20 bits per heavy atom. The SMILES string of the molecule is CCCCCCC(CC1CCCC1)NN. The molecule has 0 spiro atoms. The predicted molar refractivity (Wildman–Crippen MR) is 66.4 cm³/mol. The Morgan fingerprint density at radius 3 is 2.53 bits per heavy atom. The van der Waals surface area contributed by atoms with E-state index < -0.39 is 0 Å². The van der Waals surface area contributed by atoms with Crippen LogP contribution in [0.4, 0.5) is 0 Å². The summed E-state index contributed by atoms with van der Waals surface area (Å²) in [6.07, 6.45) is 13.8. The maximum Gasteiger partial charge on any atom is 0.0213 e. The molecule has 1 saturated carbocycles. The van der Waals surface area contributed by atoms with Crippen molar-refractivity contribution in [3.05, 3.63) is 0 Å². The zero-order valence-corrected chi connectivity index (χ0v) is 10.3. The van der Waals surface area contributed by atoms with E-state index in [2.05, 4.69) is 12.3 Å². The molecule has 0 saturated heterocycles. The highest BCUT2D eigenvalue weighted by Gasteiger charge is 2.18. The summed E-state index contributed by atoms with van der Waals surface area (Å²) < 4.78 is 0. The van der Waals surface area contributed by atoms with Gasteiger partial charge in [0.05, 0.1) is 0 Å². The molecule has 3 N–H and O–H groups in total. The standard InChI is InChI=1S/C13H28N2/c1-2-3-4-5-10-13(15-14)11-12-8-6-7-9-12/h12-13,15H,2-11,14H2,1H3. The quantitative estimate of drug-likeness (QED) is 0.368. The molecule has 0 radical (unpaired) electrons. The van der Waals surface area contributed by atoms with Crippen molar-refractivity contribution in [2.75, 3.05) is 0 Å². The number of nitrogens with one attached hydrogen (secondary N) is 1. The molecular formula is C13H28N2. The fourth-order valence-electron chi connectivity index (χ4n) is 2.74. The average molecular weight is 212 g/mol. The van der Waals surface area contributed by atoms with Crippen LogP contribution in [-0.2, 0) is 0 Å². The van der Waals surface area contributed by atoms with Crippen LogP contribution in [0.25, 0.3) is 0 Å². The van der Waals surface area contributed by atoms with Crippen molar-refractivity contribution < 1.29 is 0 Å². The first-order chi connectivity index (χ1) is 7.36. The lowest BCUT2D eigenvalue weighted by Gasteiger charge is -2.19. The average Bonchev–Trinajstić information content (AvgIpc) is 2.75. The van der Waals surface area contributed by atoms with Crippen LogP contribution in [-0.4, -0.2) is 6.04 Å². The third-order valence-corrected chi connectivity index (χ3v) is 3.73. The molecule has 1 atom stereocenters. The van der Waals surface area contributed by atoms with E-state index in [0.29, 0.717) is 6.04 Å². The minimum absolute atomic E-state index is 0.574. The molecule has 0 amide bonds. The minimum atomic E-state index is 0.574. The zero-order chi connectivity index (χ0) is 10.9. The topological polar surface area (TPSA) is 38.0 Å². The molecule has 1 aliphatic rings. The van der Waals surface area contributed by atoms with Crippen LogP contribution in [0.5, 0.6) is 0 Å². The maximum absolute atomic E-state index is 5.62. The first-order valence-electron chi connectivity index (χ1n) is 6.83. The van der Waals surface area contributed by atoms with E-state index in [1.54, 1.807) is 0 Å². The maximum atomic E-state index is 5.62. The van der Waals surface area contributed by atoms with Crippen molar-refractivity contribution in [3.63, 3.8) is 0 Å². The van der Waals surface area contributed by atoms with E-state index in [0.717, 1.165) is 5.92 Å². The molecule has 0 aromatic heterocycles. The predicted octanol–water partition coefficient (Wildman–Crippen LogP) is 3.37. The summed E-state index contributed by atoms with van der Waals surface area (Å²) in [5.74, 6) is 6.57. The molecule has 1 fully saturated rings. The normalized spacial score (nSPS) is 19.6. The molecule has 0 heterocycles. The number of hydrogen-bond donors (Lipinski definition) is 2. The van der Waals surface area contributed by atoms with Gasteiger partial charge in [0, 0.05) is 6.04 Å². The summed E-state index contributed by atoms with van der Waals surface area (Å²) in [5.41, 5.74) is 3.01. The van der Waals surface area contributed by atoms with Crippen molar-refractivity contribution in [1.82, 2.24) is 5.43 Å². The number of unbranched alkanes of at least 4 members (excludes halogenated alkanes) is 3. The Labute approximate surface area is 95.0 Å². The molecule has 0 bridgehead atoms. The first-order valence-corrected chi connectivity index (χ1v) is 6.83. The van der Waals surface area contributed by atoms with Crippen molar-refractivity contribution in [3.8, 4) is 0 Å². The van der Waals surface area contributed by atoms with Gasteiger partial charge in [-0.15, -0.1) is 0 Å². The lowest BCUT2D eigenvalue weighted by molar-refractivity contribution is 0.365. The van der Waals surface area contributed by atoms with Crippen LogP contribution >= 0.6 is 0 Å². The highest BCUT2D eigenvalue weighted by atomic mass is 15.2. The van der Waals surface area contributed by atoms with Gasteiger partial charge in [-0.05, 0) is 18.8 Å². The van der Waals surface area contributed by atoms with E-state index in [1.165, 1.54) is 64.2 Å². The number of rotatable bonds is 8. The monoisotopic (exact) mass is 212 g/mol. The fourth-order valence-corrected chi connectivity index (χ4v) is 2.74. The zero-order valence-electron chi connectivity index (χ0n) is 10.3. The highest BCUT2D eigenvalue weighted by molar-refractivity contribution is 4.74. The summed E-state index contributed by atoms with van der Waals surface area (Å²) in [6.45, 7) is 2.26. The van der Waals surface area contributed by atoms with Gasteiger partial charge in [-0.3, -0.25) is 11.3 Å². The second-order valence-electron chi connectivity index (χ2n) is 5.10. The van der Waals surface area contributed by atoms with Crippen LogP contribution in [0, 0.1) is 5.92 Å². The van der Waals surface area contributed by atoms with Crippen molar-refractivity contribution in [1.29, 1.82) is 0 Å². The van der Waals surface area contributed by atoms with Crippen LogP contribution in [0.15, 0.2) is 0 Å². The fraction of sp³-hybridized carbons (Fsp3) is 1.00. The van der Waals surface area contributed by atoms with Gasteiger partial charge >= 0.3 is 0 Å². The largest absolute Gasteiger partial charge is 0.271 e. The van der Waals surface area contributed by atoms with E-state index in [9.17, 15) is 0 Å². The Hall–Kier alpha value is -0.0800. The van der Waals surface area contributed by atoms with Crippen molar-refractivity contribution in [2.24, 2.45) is 11.8 Å². The summed E-state index contributed by atoms with van der Waals surface area (Å²) >= 11 is 0. The number of hydrazine groups is 1. The van der Waals surface area contributed by atoms with Crippen molar-refractivity contribution >= 4 is 0 Å². The second-order valence-corrected chi connectivity index (χ2v) is 5.10. The summed E-state index contributed by atoms with van der Waals surface area (Å²) in [6, 6.07) is 0.574. The lowest BCUT2D eigenvalue weighted by Crippen LogP contribution is -2.36. The second kappa shape index (κ2) is 8.12. The molecule has 1 rings (SSSR count). The Morgan fingerprint density at radius 2 is 1.93 bits per heavy atom. The van der Waals surface area contributed by atoms with Crippen LogP contribution < -0.4 is 11.3 Å². The van der Waals surface area contributed by atoms with Gasteiger partial charge in [0.25, 0.3) is 0 Å². The van der Waals surface area contributed by atoms with E-state index >= 15 is 0 Å². The molecular weight excluding hydrogens is 184 g/mol. The van der Waals surface area contributed by atoms with Gasteiger partial charge in [-0.2, -0.15) is 0 Å². The third-order valence-electron chi connectivity index (χ3n) is 3.73. The molecule has 90 valence electrons. The van der Waals surface area contributed by atoms with Gasteiger partial charge in [0.2, 0.25) is 0 Å². The van der Waals surface area contributed by atoms with Crippen LogP contribution in [0.3, 0.4) is 0 Å². The first kappa shape index (κ1) is 13.0. The molecule has 0 aliphatic heterocycles. The third kappa shape index (κ3) is 5.53. The van der Waals surface area contributed by atoms with Crippen LogP contribution in [0.2, 0.25) is 0 Å². The smallest absolute Gasteiger partial charge is 0.0213 e. The van der Waals surface area contributed by atoms with Gasteiger partial charge in [-0.1, -0.05) is 58.3 Å². The summed E-state index contributed by atoms with van der Waals surface area (Å²) in [4.78, 5) is 0. The Balaban J connectivity index is 2.06. The Kier molecular flexibility index (Phi) is 7.03. The molecule has 0 aromatic carbocycles. The van der Waals surface area contributed by atoms with Gasteiger partial charge < -0.3 is 0 Å². The Bertz CT molecular complexity index is 141. The van der Waals surface area contributed by atoms with Gasteiger partial charge in [-0.25, -0.2) is 0 Å². The highest BCUT2D eigenvalue weighted by Crippen LogP contribution is 2.29. The molecule has 2 heteroatoms. The van der Waals surface area contributed by atoms with Gasteiger partial charge in [0.15, 0.2) is 0 Å². The number of hydrogen-bond acceptors (Lipinski definition) is 2. The van der Waals surface area contributed by atoms with E-state index in [-0.39, 0.29) is 0 Å². The molecule has 2 nitrogen and oxygen atoms in total. The number of nitrogens with two attached hydrogens (primary N) is 1. The molecule has 1 aliphatic carbocycles. The summed E-state index contributed by atoms with van der Waals surface area (Å²) in [7, 11) is 0. The molecule has 0 aromatic rings. The minimum Gasteiger partial charge on any atom is -0.271 e. The van der Waals surface area contributed by atoms with Gasteiger partial charge in [0.1, 0.15) is 0 Å². The van der Waals surface area contributed by atoms with E-state index in [4.69, 9.17) is 5.84 Å². The molecule has 1 unspecified atom stereocenters. The summed E-state index contributed by atoms with van der Waals surface area (Å²) in [5, 5.41) is 0. The van der Waals surface area contributed by atoms with Crippen LogP contribution in [0.1, 0.15) is 71.1 Å². The molecule has 15 heavy (non-hydrogen) atoms.